The molecule has 0 spiro atoms. The fraction of sp³-hybridized carbons (Fsp3) is 0.188. The molecule has 0 bridgehead atoms. The quantitative estimate of drug-likeness (QED) is 0.736. The summed E-state index contributed by atoms with van der Waals surface area (Å²) in [6.45, 7) is 1.96. The van der Waals surface area contributed by atoms with Crippen molar-refractivity contribution in [2.45, 2.75) is 18.2 Å². The van der Waals surface area contributed by atoms with E-state index in [4.69, 9.17) is 23.2 Å². The van der Waals surface area contributed by atoms with Crippen molar-refractivity contribution < 1.29 is 4.79 Å². The highest BCUT2D eigenvalue weighted by Crippen LogP contribution is 2.24. The molecule has 0 aromatic heterocycles. The molecule has 0 saturated carbocycles. The van der Waals surface area contributed by atoms with Gasteiger partial charge in [0.25, 0.3) is 0 Å². The molecule has 0 radical (unpaired) electrons. The maximum Gasteiger partial charge on any atom is 0.225 e. The third kappa shape index (κ3) is 5.27. The lowest BCUT2D eigenvalue weighted by molar-refractivity contribution is -0.115. The van der Waals surface area contributed by atoms with E-state index in [1.165, 1.54) is 0 Å². The van der Waals surface area contributed by atoms with Crippen molar-refractivity contribution in [2.75, 3.05) is 11.1 Å². The minimum absolute atomic E-state index is 0.0396. The van der Waals surface area contributed by atoms with E-state index in [0.29, 0.717) is 27.9 Å². The van der Waals surface area contributed by atoms with Crippen LogP contribution in [0.4, 0.5) is 5.69 Å². The molecule has 1 N–H and O–H groups in total. The summed E-state index contributed by atoms with van der Waals surface area (Å²) in [4.78, 5) is 13.0. The number of benzene rings is 2. The molecule has 0 aliphatic rings. The van der Waals surface area contributed by atoms with E-state index in [0.717, 1.165) is 10.5 Å². The van der Waals surface area contributed by atoms with Gasteiger partial charge in [-0.05, 0) is 48.9 Å². The van der Waals surface area contributed by atoms with Crippen LogP contribution in [0.25, 0.3) is 0 Å². The van der Waals surface area contributed by atoms with Crippen molar-refractivity contribution >= 4 is 46.6 Å². The second-order valence-electron chi connectivity index (χ2n) is 4.58. The Balaban J connectivity index is 1.81. The molecule has 21 heavy (non-hydrogen) atoms. The number of rotatable bonds is 5. The Hall–Kier alpha value is -1.16. The normalized spacial score (nSPS) is 10.4. The van der Waals surface area contributed by atoms with Gasteiger partial charge in [-0.3, -0.25) is 4.79 Å². The number of hydrogen-bond acceptors (Lipinski definition) is 2. The molecule has 1 amide bonds. The molecule has 0 unspecified atom stereocenters. The molecule has 2 nitrogen and oxygen atoms in total. The van der Waals surface area contributed by atoms with E-state index in [2.05, 4.69) is 5.32 Å². The highest BCUT2D eigenvalue weighted by Gasteiger charge is 2.06. The van der Waals surface area contributed by atoms with Gasteiger partial charge in [-0.25, -0.2) is 0 Å². The van der Waals surface area contributed by atoms with Crippen LogP contribution in [-0.2, 0) is 4.79 Å². The van der Waals surface area contributed by atoms with Crippen LogP contribution in [0.3, 0.4) is 0 Å². The Labute approximate surface area is 138 Å². The average molecular weight is 340 g/mol. The zero-order chi connectivity index (χ0) is 15.2. The fourth-order valence-corrected chi connectivity index (χ4v) is 2.99. The summed E-state index contributed by atoms with van der Waals surface area (Å²) in [5.41, 5.74) is 1.72. The molecule has 0 heterocycles. The second kappa shape index (κ2) is 7.74. The molecule has 0 atom stereocenters. The maximum absolute atomic E-state index is 11.9. The summed E-state index contributed by atoms with van der Waals surface area (Å²) < 4.78 is 0. The lowest BCUT2D eigenvalue weighted by Gasteiger charge is -2.08. The summed E-state index contributed by atoms with van der Waals surface area (Å²) in [5.74, 6) is 0.666. The lowest BCUT2D eigenvalue weighted by atomic mass is 10.2. The first-order valence-electron chi connectivity index (χ1n) is 6.49. The monoisotopic (exact) mass is 339 g/mol. The molecule has 5 heteroatoms. The molecule has 0 aliphatic carbocycles. The van der Waals surface area contributed by atoms with Crippen LogP contribution in [-0.4, -0.2) is 11.7 Å². The number of nitrogens with one attached hydrogen (secondary N) is 1. The minimum Gasteiger partial charge on any atom is -0.325 e. The van der Waals surface area contributed by atoms with Gasteiger partial charge in [0.15, 0.2) is 0 Å². The summed E-state index contributed by atoms with van der Waals surface area (Å²) in [7, 11) is 0. The Morgan fingerprint density at radius 1 is 1.14 bits per heavy atom. The number of carbonyl (C=O) groups is 1. The molecular formula is C16H15Cl2NOS. The van der Waals surface area contributed by atoms with E-state index in [1.807, 2.05) is 49.4 Å². The number of hydrogen-bond donors (Lipinski definition) is 1. The zero-order valence-corrected chi connectivity index (χ0v) is 13.9. The highest BCUT2D eigenvalue weighted by molar-refractivity contribution is 7.99. The van der Waals surface area contributed by atoms with E-state index >= 15 is 0 Å². The number of thioether (sulfide) groups is 1. The number of carbonyl (C=O) groups excluding carboxylic acids is 1. The Morgan fingerprint density at radius 3 is 2.52 bits per heavy atom. The van der Waals surface area contributed by atoms with Crippen LogP contribution in [0, 0.1) is 6.92 Å². The minimum atomic E-state index is -0.0396. The van der Waals surface area contributed by atoms with Gasteiger partial charge in [-0.2, -0.15) is 0 Å². The van der Waals surface area contributed by atoms with Crippen molar-refractivity contribution in [3.05, 3.63) is 58.1 Å². The van der Waals surface area contributed by atoms with Gasteiger partial charge in [0, 0.05) is 22.1 Å². The van der Waals surface area contributed by atoms with Crippen molar-refractivity contribution in [1.29, 1.82) is 0 Å². The van der Waals surface area contributed by atoms with Gasteiger partial charge < -0.3 is 5.32 Å². The van der Waals surface area contributed by atoms with E-state index in [-0.39, 0.29) is 5.91 Å². The van der Waals surface area contributed by atoms with Crippen molar-refractivity contribution in [1.82, 2.24) is 0 Å². The maximum atomic E-state index is 11.9. The number of halogens is 2. The largest absolute Gasteiger partial charge is 0.325 e. The molecule has 110 valence electrons. The van der Waals surface area contributed by atoms with Crippen LogP contribution in [0.2, 0.25) is 10.0 Å². The van der Waals surface area contributed by atoms with E-state index < -0.39 is 0 Å². The predicted molar refractivity (Wildman–Crippen MR) is 91.6 cm³/mol. The van der Waals surface area contributed by atoms with Crippen molar-refractivity contribution in [3.8, 4) is 0 Å². The van der Waals surface area contributed by atoms with Crippen LogP contribution in [0.5, 0.6) is 0 Å². The summed E-state index contributed by atoms with van der Waals surface area (Å²) in [6, 6.07) is 13.2. The molecular weight excluding hydrogens is 325 g/mol. The topological polar surface area (TPSA) is 29.1 Å². The van der Waals surface area contributed by atoms with Gasteiger partial charge in [0.1, 0.15) is 0 Å². The van der Waals surface area contributed by atoms with E-state index in [9.17, 15) is 4.79 Å². The van der Waals surface area contributed by atoms with Gasteiger partial charge in [0.2, 0.25) is 5.91 Å². The number of aryl methyl sites for hydroxylation is 1. The van der Waals surface area contributed by atoms with Gasteiger partial charge in [0.05, 0.1) is 10.7 Å². The first-order chi connectivity index (χ1) is 10.0. The average Bonchev–Trinajstić information content (AvgIpc) is 2.44. The first kappa shape index (κ1) is 16.2. The lowest BCUT2D eigenvalue weighted by Crippen LogP contribution is -2.12. The van der Waals surface area contributed by atoms with Crippen LogP contribution in [0.1, 0.15) is 12.0 Å². The van der Waals surface area contributed by atoms with E-state index in [1.54, 1.807) is 11.8 Å². The van der Waals surface area contributed by atoms with Gasteiger partial charge >= 0.3 is 0 Å². The Bertz CT molecular complexity index is 629. The highest BCUT2D eigenvalue weighted by atomic mass is 35.5. The first-order valence-corrected chi connectivity index (χ1v) is 8.23. The fourth-order valence-electron chi connectivity index (χ4n) is 1.73. The van der Waals surface area contributed by atoms with Crippen LogP contribution < -0.4 is 5.32 Å². The summed E-state index contributed by atoms with van der Waals surface area (Å²) >= 11 is 13.5. The van der Waals surface area contributed by atoms with Crippen LogP contribution in [0.15, 0.2) is 47.4 Å². The van der Waals surface area contributed by atoms with Gasteiger partial charge in [-0.1, -0.05) is 29.3 Å². The van der Waals surface area contributed by atoms with Crippen molar-refractivity contribution in [3.63, 3.8) is 0 Å². The standard InChI is InChI=1S/C16H15Cl2NOS/c1-11-2-7-15(14(18)10-11)19-16(20)8-9-21-13-5-3-12(17)4-6-13/h2-7,10H,8-9H2,1H3,(H,19,20). The third-order valence-electron chi connectivity index (χ3n) is 2.81. The molecule has 0 fully saturated rings. The van der Waals surface area contributed by atoms with Crippen LogP contribution >= 0.6 is 35.0 Å². The molecule has 0 saturated heterocycles. The third-order valence-corrected chi connectivity index (χ3v) is 4.39. The molecule has 0 aliphatic heterocycles. The van der Waals surface area contributed by atoms with Crippen molar-refractivity contribution in [2.24, 2.45) is 0 Å². The molecule has 2 aromatic carbocycles. The SMILES string of the molecule is Cc1ccc(NC(=O)CCSc2ccc(Cl)cc2)c(Cl)c1. The number of amides is 1. The summed E-state index contributed by atoms with van der Waals surface area (Å²) in [6.07, 6.45) is 0.428. The summed E-state index contributed by atoms with van der Waals surface area (Å²) in [5, 5.41) is 4.11. The predicted octanol–water partition coefficient (Wildman–Crippen LogP) is 5.42. The van der Waals surface area contributed by atoms with Gasteiger partial charge in [-0.15, -0.1) is 11.8 Å². The Kier molecular flexibility index (Phi) is 5.97. The second-order valence-corrected chi connectivity index (χ2v) is 6.60. The number of anilines is 1. The molecule has 2 rings (SSSR count). The molecule has 2 aromatic rings. The zero-order valence-electron chi connectivity index (χ0n) is 11.5. The smallest absolute Gasteiger partial charge is 0.225 e. The Morgan fingerprint density at radius 2 is 1.86 bits per heavy atom.